The average Bonchev–Trinajstić information content (AvgIpc) is 3.29. The largest absolute Gasteiger partial charge is 0.481 e. The quantitative estimate of drug-likeness (QED) is 0.786. The lowest BCUT2D eigenvalue weighted by Gasteiger charge is -2.23. The minimum absolute atomic E-state index is 0.00614. The standard InChI is InChI=1S/C16H13ClN2O3S2/c17-11-4-3-10(24-11)9-6-23-16(18-9)19-14(20)12-7-1-2-8(5-7)13(12)15(21)22/h1-4,6-8,12-13H,5H2,(H,21,22)(H,18,19,20)/t7-,8-,12+,13+/m0/s1. The van der Waals surface area contributed by atoms with Crippen LogP contribution in [-0.2, 0) is 9.59 Å². The van der Waals surface area contributed by atoms with Crippen LogP contribution in [0.4, 0.5) is 5.13 Å². The molecule has 5 nitrogen and oxygen atoms in total. The summed E-state index contributed by atoms with van der Waals surface area (Å²) in [5.41, 5.74) is 0.759. The number of rotatable bonds is 4. The first-order valence-corrected chi connectivity index (χ1v) is 9.53. The fraction of sp³-hybridized carbons (Fsp3) is 0.312. The predicted molar refractivity (Wildman–Crippen MR) is 94.4 cm³/mol. The van der Waals surface area contributed by atoms with Gasteiger partial charge in [0, 0.05) is 5.38 Å². The number of hydrogen-bond acceptors (Lipinski definition) is 5. The molecule has 24 heavy (non-hydrogen) atoms. The number of fused-ring (bicyclic) bond motifs is 2. The van der Waals surface area contributed by atoms with Crippen LogP contribution in [0.1, 0.15) is 6.42 Å². The predicted octanol–water partition coefficient (Wildman–Crippen LogP) is 3.99. The number of amides is 1. The lowest BCUT2D eigenvalue weighted by Crippen LogP contribution is -2.36. The summed E-state index contributed by atoms with van der Waals surface area (Å²) >= 11 is 8.68. The first-order chi connectivity index (χ1) is 11.5. The third-order valence-corrected chi connectivity index (χ3v) is 6.62. The monoisotopic (exact) mass is 380 g/mol. The Labute approximate surface area is 151 Å². The number of carbonyl (C=O) groups is 2. The van der Waals surface area contributed by atoms with Crippen LogP contribution in [0.3, 0.4) is 0 Å². The van der Waals surface area contributed by atoms with Crippen molar-refractivity contribution in [1.82, 2.24) is 4.98 Å². The van der Waals surface area contributed by atoms with Crippen LogP contribution in [0.15, 0.2) is 29.7 Å². The molecule has 0 spiro atoms. The van der Waals surface area contributed by atoms with Gasteiger partial charge in [0.1, 0.15) is 0 Å². The summed E-state index contributed by atoms with van der Waals surface area (Å²) in [5, 5.41) is 14.6. The number of carbonyl (C=O) groups excluding carboxylic acids is 1. The Kier molecular flexibility index (Phi) is 3.94. The zero-order valence-electron chi connectivity index (χ0n) is 12.3. The molecule has 2 bridgehead atoms. The van der Waals surface area contributed by atoms with Gasteiger partial charge in [-0.25, -0.2) is 4.98 Å². The molecule has 4 rings (SSSR count). The zero-order valence-corrected chi connectivity index (χ0v) is 14.7. The molecule has 1 amide bonds. The Morgan fingerprint density at radius 1 is 1.25 bits per heavy atom. The molecule has 2 aliphatic carbocycles. The Hall–Kier alpha value is -1.70. The van der Waals surface area contributed by atoms with Crippen LogP contribution >= 0.6 is 34.3 Å². The van der Waals surface area contributed by atoms with E-state index in [2.05, 4.69) is 10.3 Å². The number of aromatic nitrogens is 1. The molecule has 2 aliphatic rings. The first-order valence-electron chi connectivity index (χ1n) is 7.46. The molecule has 2 aromatic heterocycles. The van der Waals surface area contributed by atoms with Crippen molar-refractivity contribution in [3.8, 4) is 10.6 Å². The second-order valence-corrected chi connectivity index (χ2v) is 8.54. The molecule has 2 N–H and O–H groups in total. The number of carboxylic acids is 1. The van der Waals surface area contributed by atoms with Gasteiger partial charge in [0.2, 0.25) is 5.91 Å². The number of allylic oxidation sites excluding steroid dienone is 2. The van der Waals surface area contributed by atoms with Gasteiger partial charge in [-0.2, -0.15) is 0 Å². The van der Waals surface area contributed by atoms with E-state index >= 15 is 0 Å². The number of nitrogens with one attached hydrogen (secondary N) is 1. The van der Waals surface area contributed by atoms with E-state index in [-0.39, 0.29) is 17.7 Å². The van der Waals surface area contributed by atoms with Crippen molar-refractivity contribution in [2.45, 2.75) is 6.42 Å². The minimum atomic E-state index is -0.903. The lowest BCUT2D eigenvalue weighted by molar-refractivity contribution is -0.146. The molecule has 8 heteroatoms. The summed E-state index contributed by atoms with van der Waals surface area (Å²) in [7, 11) is 0. The lowest BCUT2D eigenvalue weighted by atomic mass is 9.82. The zero-order chi connectivity index (χ0) is 16.8. The van der Waals surface area contributed by atoms with Crippen LogP contribution in [0.5, 0.6) is 0 Å². The molecule has 0 radical (unpaired) electrons. The van der Waals surface area contributed by atoms with Crippen LogP contribution in [0, 0.1) is 23.7 Å². The fourth-order valence-corrected chi connectivity index (χ4v) is 5.39. The molecule has 1 saturated carbocycles. The second kappa shape index (κ2) is 5.98. The van der Waals surface area contributed by atoms with E-state index in [0.717, 1.165) is 17.0 Å². The number of anilines is 1. The van der Waals surface area contributed by atoms with E-state index in [1.54, 1.807) is 6.07 Å². The molecule has 0 saturated heterocycles. The average molecular weight is 381 g/mol. The number of hydrogen-bond donors (Lipinski definition) is 2. The number of nitrogens with zero attached hydrogens (tertiary/aromatic N) is 1. The van der Waals surface area contributed by atoms with Crippen molar-refractivity contribution in [1.29, 1.82) is 0 Å². The van der Waals surface area contributed by atoms with Gasteiger partial charge >= 0.3 is 5.97 Å². The van der Waals surface area contributed by atoms with E-state index in [4.69, 9.17) is 11.6 Å². The normalized spacial score (nSPS) is 27.5. The van der Waals surface area contributed by atoms with Crippen LogP contribution in [-0.4, -0.2) is 22.0 Å². The van der Waals surface area contributed by atoms with Gasteiger partial charge in [-0.1, -0.05) is 23.8 Å². The van der Waals surface area contributed by atoms with E-state index in [1.807, 2.05) is 23.6 Å². The highest BCUT2D eigenvalue weighted by Gasteiger charge is 2.51. The SMILES string of the molecule is O=C(O)[C@H]1[C@H](C(=O)Nc2nc(-c3ccc(Cl)s3)cs2)[C@H]2C=C[C@H]1C2. The maximum atomic E-state index is 12.6. The third kappa shape index (κ3) is 2.66. The molecule has 2 heterocycles. The van der Waals surface area contributed by atoms with Gasteiger partial charge in [-0.15, -0.1) is 22.7 Å². The van der Waals surface area contributed by atoms with E-state index in [9.17, 15) is 14.7 Å². The third-order valence-electron chi connectivity index (χ3n) is 4.61. The Balaban J connectivity index is 1.51. The second-order valence-electron chi connectivity index (χ2n) is 5.97. The topological polar surface area (TPSA) is 79.3 Å². The van der Waals surface area contributed by atoms with Gasteiger partial charge in [-0.3, -0.25) is 9.59 Å². The number of carboxylic acid groups (broad SMARTS) is 1. The minimum Gasteiger partial charge on any atom is -0.481 e. The van der Waals surface area contributed by atoms with Gasteiger partial charge < -0.3 is 10.4 Å². The molecule has 0 unspecified atom stereocenters. The summed E-state index contributed by atoms with van der Waals surface area (Å²) in [6, 6.07) is 3.69. The summed E-state index contributed by atoms with van der Waals surface area (Å²) in [6.45, 7) is 0. The molecule has 0 aliphatic heterocycles. The van der Waals surface area contributed by atoms with Crippen molar-refractivity contribution in [3.05, 3.63) is 34.0 Å². The van der Waals surface area contributed by atoms with Crippen molar-refractivity contribution < 1.29 is 14.7 Å². The van der Waals surface area contributed by atoms with Crippen molar-refractivity contribution in [2.24, 2.45) is 23.7 Å². The molecule has 0 aromatic carbocycles. The maximum absolute atomic E-state index is 12.6. The van der Waals surface area contributed by atoms with Crippen molar-refractivity contribution in [3.63, 3.8) is 0 Å². The van der Waals surface area contributed by atoms with Gasteiger partial charge in [0.15, 0.2) is 5.13 Å². The van der Waals surface area contributed by atoms with Crippen LogP contribution in [0.25, 0.3) is 10.6 Å². The number of thiazole rings is 1. The molecular formula is C16H13ClN2O3S2. The Morgan fingerprint density at radius 3 is 2.67 bits per heavy atom. The molecule has 1 fully saturated rings. The summed E-state index contributed by atoms with van der Waals surface area (Å²) in [5.74, 6) is -2.36. The highest BCUT2D eigenvalue weighted by Crippen LogP contribution is 2.48. The van der Waals surface area contributed by atoms with Gasteiger partial charge in [0.25, 0.3) is 0 Å². The van der Waals surface area contributed by atoms with Crippen molar-refractivity contribution >= 4 is 51.3 Å². The molecule has 4 atom stereocenters. The van der Waals surface area contributed by atoms with Crippen molar-refractivity contribution in [2.75, 3.05) is 5.32 Å². The van der Waals surface area contributed by atoms with Crippen LogP contribution < -0.4 is 5.32 Å². The Morgan fingerprint density at radius 2 is 2.00 bits per heavy atom. The fourth-order valence-electron chi connectivity index (χ4n) is 3.60. The maximum Gasteiger partial charge on any atom is 0.307 e. The first kappa shape index (κ1) is 15.8. The summed E-state index contributed by atoms with van der Waals surface area (Å²) in [6.07, 6.45) is 4.64. The summed E-state index contributed by atoms with van der Waals surface area (Å²) in [4.78, 5) is 29.5. The number of aliphatic carboxylic acids is 1. The highest BCUT2D eigenvalue weighted by atomic mass is 35.5. The Bertz CT molecular complexity index is 844. The molecular weight excluding hydrogens is 368 g/mol. The van der Waals surface area contributed by atoms with E-state index < -0.39 is 17.8 Å². The van der Waals surface area contributed by atoms with E-state index in [0.29, 0.717) is 9.47 Å². The molecule has 2 aromatic rings. The smallest absolute Gasteiger partial charge is 0.307 e. The number of thiophene rings is 1. The summed E-state index contributed by atoms with van der Waals surface area (Å²) < 4.78 is 0.682. The number of halogens is 1. The van der Waals surface area contributed by atoms with Gasteiger partial charge in [-0.05, 0) is 30.4 Å². The molecule has 124 valence electrons. The van der Waals surface area contributed by atoms with E-state index in [1.165, 1.54) is 22.7 Å². The highest BCUT2D eigenvalue weighted by molar-refractivity contribution is 7.20. The van der Waals surface area contributed by atoms with Gasteiger partial charge in [0.05, 0.1) is 26.7 Å². The van der Waals surface area contributed by atoms with Crippen LogP contribution in [0.2, 0.25) is 4.34 Å².